The van der Waals surface area contributed by atoms with Crippen molar-refractivity contribution in [3.8, 4) is 0 Å². The second-order valence-corrected chi connectivity index (χ2v) is 6.67. The van der Waals surface area contributed by atoms with Gasteiger partial charge >= 0.3 is 6.09 Å². The fourth-order valence-electron chi connectivity index (χ4n) is 1.98. The number of ketones is 1. The summed E-state index contributed by atoms with van der Waals surface area (Å²) >= 11 is 0. The van der Waals surface area contributed by atoms with Gasteiger partial charge in [0.2, 0.25) is 0 Å². The molecule has 134 valence electrons. The van der Waals surface area contributed by atoms with Crippen molar-refractivity contribution in [2.24, 2.45) is 0 Å². The Kier molecular flexibility index (Phi) is 8.22. The van der Waals surface area contributed by atoms with Gasteiger partial charge in [0.25, 0.3) is 0 Å². The van der Waals surface area contributed by atoms with Gasteiger partial charge in [0.15, 0.2) is 5.78 Å². The van der Waals surface area contributed by atoms with E-state index in [9.17, 15) is 9.59 Å². The normalized spacial score (nSPS) is 11.0. The predicted molar refractivity (Wildman–Crippen MR) is 95.4 cm³/mol. The van der Waals surface area contributed by atoms with Crippen molar-refractivity contribution in [3.05, 3.63) is 23.9 Å². The molecule has 0 aliphatic heterocycles. The van der Waals surface area contributed by atoms with E-state index in [4.69, 9.17) is 4.74 Å². The number of nitrogens with one attached hydrogen (secondary N) is 2. The van der Waals surface area contributed by atoms with Gasteiger partial charge in [0.1, 0.15) is 11.4 Å². The summed E-state index contributed by atoms with van der Waals surface area (Å²) in [7, 11) is 0. The van der Waals surface area contributed by atoms with Crippen LogP contribution in [0.3, 0.4) is 0 Å². The molecule has 0 fully saturated rings. The van der Waals surface area contributed by atoms with Crippen LogP contribution in [-0.4, -0.2) is 35.6 Å². The molecule has 0 bridgehead atoms. The maximum atomic E-state index is 12.1. The number of pyridine rings is 1. The van der Waals surface area contributed by atoms with Crippen molar-refractivity contribution in [3.63, 3.8) is 0 Å². The van der Waals surface area contributed by atoms with Crippen LogP contribution >= 0.6 is 0 Å². The standard InChI is InChI=1S/C18H29N3O3/c1-5-11-19-16-10-9-14(13-21-16)15(22)8-6-7-12-20-17(23)24-18(2,3)4/h9-10,13H,5-8,11-12H2,1-4H3,(H,19,21)(H,20,23). The van der Waals surface area contributed by atoms with E-state index < -0.39 is 11.7 Å². The van der Waals surface area contributed by atoms with E-state index in [0.29, 0.717) is 24.9 Å². The number of ether oxygens (including phenoxy) is 1. The number of carbonyl (C=O) groups is 2. The molecule has 1 aromatic rings. The fourth-order valence-corrected chi connectivity index (χ4v) is 1.98. The predicted octanol–water partition coefficient (Wildman–Crippen LogP) is 3.78. The first kappa shape index (κ1) is 19.9. The van der Waals surface area contributed by atoms with E-state index in [1.165, 1.54) is 0 Å². The summed E-state index contributed by atoms with van der Waals surface area (Å²) in [6.45, 7) is 8.92. The first-order valence-electron chi connectivity index (χ1n) is 8.52. The molecule has 1 amide bonds. The maximum Gasteiger partial charge on any atom is 0.407 e. The van der Waals surface area contributed by atoms with Gasteiger partial charge in [0, 0.05) is 31.3 Å². The molecule has 0 radical (unpaired) electrons. The molecule has 0 saturated heterocycles. The highest BCUT2D eigenvalue weighted by Gasteiger charge is 2.15. The number of nitrogens with zero attached hydrogens (tertiary/aromatic N) is 1. The second-order valence-electron chi connectivity index (χ2n) is 6.67. The summed E-state index contributed by atoms with van der Waals surface area (Å²) in [4.78, 5) is 27.8. The molecule has 2 N–H and O–H groups in total. The lowest BCUT2D eigenvalue weighted by atomic mass is 10.1. The van der Waals surface area contributed by atoms with Crippen molar-refractivity contribution < 1.29 is 14.3 Å². The van der Waals surface area contributed by atoms with Gasteiger partial charge in [-0.1, -0.05) is 6.92 Å². The van der Waals surface area contributed by atoms with E-state index in [1.54, 1.807) is 12.3 Å². The molecule has 0 aliphatic rings. The van der Waals surface area contributed by atoms with Gasteiger partial charge < -0.3 is 15.4 Å². The van der Waals surface area contributed by atoms with Crippen LogP contribution in [0, 0.1) is 0 Å². The van der Waals surface area contributed by atoms with Crippen LogP contribution in [0.5, 0.6) is 0 Å². The highest BCUT2D eigenvalue weighted by molar-refractivity contribution is 5.95. The SMILES string of the molecule is CCCNc1ccc(C(=O)CCCCNC(=O)OC(C)(C)C)cn1. The highest BCUT2D eigenvalue weighted by atomic mass is 16.6. The minimum absolute atomic E-state index is 0.0711. The quantitative estimate of drug-likeness (QED) is 0.530. The minimum atomic E-state index is -0.495. The average Bonchev–Trinajstić information content (AvgIpc) is 2.51. The third kappa shape index (κ3) is 8.50. The molecule has 0 atom stereocenters. The number of amides is 1. The van der Waals surface area contributed by atoms with Gasteiger partial charge in [-0.15, -0.1) is 0 Å². The highest BCUT2D eigenvalue weighted by Crippen LogP contribution is 2.10. The number of rotatable bonds is 9. The summed E-state index contributed by atoms with van der Waals surface area (Å²) < 4.78 is 5.14. The average molecular weight is 335 g/mol. The van der Waals surface area contributed by atoms with E-state index in [2.05, 4.69) is 22.5 Å². The fraction of sp³-hybridized carbons (Fsp3) is 0.611. The van der Waals surface area contributed by atoms with Crippen LogP contribution < -0.4 is 10.6 Å². The Bertz CT molecular complexity index is 521. The van der Waals surface area contributed by atoms with Crippen molar-refractivity contribution >= 4 is 17.7 Å². The zero-order valence-electron chi connectivity index (χ0n) is 15.1. The Hall–Kier alpha value is -2.11. The molecular formula is C18H29N3O3. The molecule has 1 heterocycles. The van der Waals surface area contributed by atoms with Crippen LogP contribution in [0.25, 0.3) is 0 Å². The largest absolute Gasteiger partial charge is 0.444 e. The monoisotopic (exact) mass is 335 g/mol. The maximum absolute atomic E-state index is 12.1. The first-order valence-corrected chi connectivity index (χ1v) is 8.52. The molecule has 1 aromatic heterocycles. The molecule has 1 rings (SSSR count). The molecule has 0 spiro atoms. The third-order valence-corrected chi connectivity index (χ3v) is 3.14. The Labute approximate surface area is 144 Å². The summed E-state index contributed by atoms with van der Waals surface area (Å²) in [6, 6.07) is 3.62. The van der Waals surface area contributed by atoms with Gasteiger partial charge in [-0.2, -0.15) is 0 Å². The Morgan fingerprint density at radius 1 is 1.17 bits per heavy atom. The number of unbranched alkanes of at least 4 members (excludes halogenated alkanes) is 1. The number of aromatic nitrogens is 1. The smallest absolute Gasteiger partial charge is 0.407 e. The summed E-state index contributed by atoms with van der Waals surface area (Å²) in [5, 5.41) is 5.86. The first-order chi connectivity index (χ1) is 11.3. The number of hydrogen-bond donors (Lipinski definition) is 2. The van der Waals surface area contributed by atoms with E-state index >= 15 is 0 Å². The molecule has 0 unspecified atom stereocenters. The minimum Gasteiger partial charge on any atom is -0.444 e. The Balaban J connectivity index is 2.23. The van der Waals surface area contributed by atoms with Crippen molar-refractivity contribution in [2.75, 3.05) is 18.4 Å². The number of carbonyl (C=O) groups excluding carboxylic acids is 2. The zero-order valence-corrected chi connectivity index (χ0v) is 15.1. The summed E-state index contributed by atoms with van der Waals surface area (Å²) in [6.07, 6.45) is 4.10. The lowest BCUT2D eigenvalue weighted by Gasteiger charge is -2.19. The molecule has 0 aliphatic carbocycles. The zero-order chi connectivity index (χ0) is 18.0. The van der Waals surface area contributed by atoms with E-state index in [1.807, 2.05) is 26.8 Å². The van der Waals surface area contributed by atoms with Crippen LogP contribution in [-0.2, 0) is 4.74 Å². The topological polar surface area (TPSA) is 80.3 Å². The Morgan fingerprint density at radius 3 is 2.50 bits per heavy atom. The van der Waals surface area contributed by atoms with Crippen LogP contribution in [0.1, 0.15) is 63.7 Å². The number of Topliss-reactive ketones (excluding diaryl/α,β-unsaturated/α-hetero) is 1. The Morgan fingerprint density at radius 2 is 1.92 bits per heavy atom. The molecular weight excluding hydrogens is 306 g/mol. The van der Waals surface area contributed by atoms with Crippen molar-refractivity contribution in [1.82, 2.24) is 10.3 Å². The number of hydrogen-bond acceptors (Lipinski definition) is 5. The van der Waals surface area contributed by atoms with Crippen LogP contribution in [0.4, 0.5) is 10.6 Å². The van der Waals surface area contributed by atoms with Crippen molar-refractivity contribution in [1.29, 1.82) is 0 Å². The lowest BCUT2D eigenvalue weighted by molar-refractivity contribution is 0.0527. The van der Waals surface area contributed by atoms with Crippen LogP contribution in [0.2, 0.25) is 0 Å². The third-order valence-electron chi connectivity index (χ3n) is 3.14. The van der Waals surface area contributed by atoms with Gasteiger partial charge in [-0.05, 0) is 52.2 Å². The number of anilines is 1. The molecule has 6 heteroatoms. The van der Waals surface area contributed by atoms with Gasteiger partial charge in [0.05, 0.1) is 0 Å². The van der Waals surface area contributed by atoms with Gasteiger partial charge in [-0.25, -0.2) is 9.78 Å². The van der Waals surface area contributed by atoms with Crippen LogP contribution in [0.15, 0.2) is 18.3 Å². The molecule has 0 saturated carbocycles. The number of alkyl carbamates (subject to hydrolysis) is 1. The van der Waals surface area contributed by atoms with E-state index in [-0.39, 0.29) is 5.78 Å². The molecule has 24 heavy (non-hydrogen) atoms. The van der Waals surface area contributed by atoms with Gasteiger partial charge in [-0.3, -0.25) is 4.79 Å². The summed E-state index contributed by atoms with van der Waals surface area (Å²) in [5.41, 5.74) is 0.128. The molecule has 0 aromatic carbocycles. The van der Waals surface area contributed by atoms with E-state index in [0.717, 1.165) is 25.2 Å². The molecule has 6 nitrogen and oxygen atoms in total. The summed E-state index contributed by atoms with van der Waals surface area (Å²) in [5.74, 6) is 0.858. The second kappa shape index (κ2) is 9.90. The van der Waals surface area contributed by atoms with Crippen molar-refractivity contribution in [2.45, 2.75) is 59.0 Å². The lowest BCUT2D eigenvalue weighted by Crippen LogP contribution is -2.33.